The van der Waals surface area contributed by atoms with Crippen LogP contribution in [0.3, 0.4) is 0 Å². The number of aromatic hydroxyl groups is 1. The van der Waals surface area contributed by atoms with Crippen molar-refractivity contribution in [2.75, 3.05) is 5.32 Å². The van der Waals surface area contributed by atoms with Crippen molar-refractivity contribution < 1.29 is 9.90 Å². The number of ketones is 1. The maximum absolute atomic E-state index is 13.3. The number of pyridine rings is 1. The van der Waals surface area contributed by atoms with Gasteiger partial charge in [-0.05, 0) is 73.9 Å². The van der Waals surface area contributed by atoms with Crippen molar-refractivity contribution in [3.63, 3.8) is 0 Å². The van der Waals surface area contributed by atoms with Crippen LogP contribution in [0, 0.1) is 5.92 Å². The molecule has 0 amide bonds. The van der Waals surface area contributed by atoms with Gasteiger partial charge in [-0.1, -0.05) is 29.3 Å². The molecule has 7 nitrogen and oxygen atoms in total. The van der Waals surface area contributed by atoms with Gasteiger partial charge in [0.05, 0.1) is 44.7 Å². The normalized spacial score (nSPS) is 18.7. The fourth-order valence-corrected chi connectivity index (χ4v) is 5.59. The highest BCUT2D eigenvalue weighted by Crippen LogP contribution is 2.40. The number of halogens is 4. The van der Waals surface area contributed by atoms with Crippen molar-refractivity contribution in [3.8, 4) is 16.9 Å². The minimum Gasteiger partial charge on any atom is -0.505 e. The number of nitrogens with zero attached hydrogens (tertiary/aromatic N) is 3. The Morgan fingerprint density at radius 3 is 2.33 bits per heavy atom. The van der Waals surface area contributed by atoms with Crippen LogP contribution in [0.4, 0.5) is 11.4 Å². The number of fused-ring (bicyclic) bond motifs is 1. The molecule has 2 saturated carbocycles. The summed E-state index contributed by atoms with van der Waals surface area (Å²) in [6.07, 6.45) is 11.3. The van der Waals surface area contributed by atoms with Crippen molar-refractivity contribution >= 4 is 76.1 Å². The summed E-state index contributed by atoms with van der Waals surface area (Å²) in [6, 6.07) is 9.74. The lowest BCUT2D eigenvalue weighted by atomic mass is 9.92. The number of Topliss-reactive ketones (excluding diaryl/α,β-unsaturated/α-hetero) is 1. The zero-order valence-electron chi connectivity index (χ0n) is 20.9. The predicted octanol–water partition coefficient (Wildman–Crippen LogP) is 7.73. The molecule has 2 aromatic heterocycles. The first kappa shape index (κ1) is 29.4. The second-order valence-electron chi connectivity index (χ2n) is 10.1. The smallest absolute Gasteiger partial charge is 0.169 e. The Morgan fingerprint density at radius 2 is 1.67 bits per heavy atom. The van der Waals surface area contributed by atoms with E-state index in [1.54, 1.807) is 24.5 Å². The Balaban J connectivity index is 0.00000176. The van der Waals surface area contributed by atoms with Crippen molar-refractivity contribution in [3.05, 3.63) is 64.5 Å². The quantitative estimate of drug-likeness (QED) is 0.193. The van der Waals surface area contributed by atoms with Gasteiger partial charge in [-0.15, -0.1) is 24.8 Å². The molecule has 2 fully saturated rings. The summed E-state index contributed by atoms with van der Waals surface area (Å²) < 4.78 is 2.01. The Hall–Kier alpha value is -2.55. The molecule has 0 unspecified atom stereocenters. The number of benzene rings is 2. The van der Waals surface area contributed by atoms with E-state index >= 15 is 0 Å². The number of phenolic OH excluding ortho intramolecular Hbond substituents is 1. The maximum atomic E-state index is 13.3. The molecular formula is C28H29Cl4N5O2. The van der Waals surface area contributed by atoms with Crippen molar-refractivity contribution in [2.24, 2.45) is 11.7 Å². The van der Waals surface area contributed by atoms with Crippen LogP contribution in [0.5, 0.6) is 5.75 Å². The lowest BCUT2D eigenvalue weighted by Gasteiger charge is -2.26. The molecule has 0 aliphatic heterocycles. The Kier molecular flexibility index (Phi) is 8.98. The molecule has 2 aromatic carbocycles. The van der Waals surface area contributed by atoms with E-state index in [9.17, 15) is 9.90 Å². The van der Waals surface area contributed by atoms with Gasteiger partial charge >= 0.3 is 0 Å². The van der Waals surface area contributed by atoms with Gasteiger partial charge in [0.1, 0.15) is 0 Å². The fraction of sp³-hybridized carbons (Fsp3) is 0.321. The van der Waals surface area contributed by atoms with E-state index in [1.165, 1.54) is 0 Å². The van der Waals surface area contributed by atoms with E-state index in [1.807, 2.05) is 29.1 Å². The molecule has 4 N–H and O–H groups in total. The summed E-state index contributed by atoms with van der Waals surface area (Å²) in [7, 11) is 0. The van der Waals surface area contributed by atoms with E-state index in [-0.39, 0.29) is 58.4 Å². The first-order chi connectivity index (χ1) is 17.9. The number of hydrogen-bond acceptors (Lipinski definition) is 6. The average Bonchev–Trinajstić information content (AvgIpc) is 3.65. The lowest BCUT2D eigenvalue weighted by Crippen LogP contribution is -2.27. The molecule has 0 bridgehead atoms. The SMILES string of the molecule is Cl.Cl.N[C@H]1CC[C@H](n2cc(Nc3c(C(=O)C4CC4)cnc4ccc(-c5cc(Cl)c(O)c(Cl)c5)cc34)cn2)CC1. The zero-order valence-corrected chi connectivity index (χ0v) is 24.1. The standard InChI is InChI=1S/C28H27Cl2N5O2.2ClH/c29-23-10-17(11-24(30)28(23)37)16-3-8-25-21(9-16)26(22(13-32-25)27(36)15-1-2-15)34-19-12-33-35(14-19)20-6-4-18(31)5-7-20;;/h3,8-15,18,20,37H,1-2,4-7,31H2,(H,32,34);2*1H/t18-,20-;;. The molecule has 2 aliphatic rings. The van der Waals surface area contributed by atoms with E-state index in [4.69, 9.17) is 28.9 Å². The largest absolute Gasteiger partial charge is 0.505 e. The minimum absolute atomic E-state index is 0. The Labute approximate surface area is 248 Å². The number of carbonyl (C=O) groups is 1. The summed E-state index contributed by atoms with van der Waals surface area (Å²) in [6.45, 7) is 0. The molecule has 0 atom stereocenters. The molecule has 206 valence electrons. The first-order valence-corrected chi connectivity index (χ1v) is 13.3. The van der Waals surface area contributed by atoms with Crippen LogP contribution >= 0.6 is 48.0 Å². The monoisotopic (exact) mass is 607 g/mol. The zero-order chi connectivity index (χ0) is 25.7. The van der Waals surface area contributed by atoms with E-state index in [0.717, 1.165) is 66.2 Å². The Bertz CT molecular complexity index is 1490. The highest BCUT2D eigenvalue weighted by atomic mass is 35.5. The van der Waals surface area contributed by atoms with Gasteiger partial charge in [0.2, 0.25) is 0 Å². The van der Waals surface area contributed by atoms with Gasteiger partial charge in [-0.2, -0.15) is 5.10 Å². The van der Waals surface area contributed by atoms with Gasteiger partial charge in [-0.3, -0.25) is 14.5 Å². The summed E-state index contributed by atoms with van der Waals surface area (Å²) in [5.74, 6) is 0.00437. The minimum atomic E-state index is -0.147. The number of phenols is 1. The van der Waals surface area contributed by atoms with Gasteiger partial charge in [0.25, 0.3) is 0 Å². The van der Waals surface area contributed by atoms with Crippen LogP contribution in [0.25, 0.3) is 22.0 Å². The second-order valence-corrected chi connectivity index (χ2v) is 10.9. The van der Waals surface area contributed by atoms with Crippen molar-refractivity contribution in [1.82, 2.24) is 14.8 Å². The molecule has 39 heavy (non-hydrogen) atoms. The highest BCUT2D eigenvalue weighted by Gasteiger charge is 2.33. The fourth-order valence-electron chi connectivity index (χ4n) is 5.10. The third kappa shape index (κ3) is 5.98. The van der Waals surface area contributed by atoms with Crippen LogP contribution in [0.2, 0.25) is 10.0 Å². The van der Waals surface area contributed by atoms with Crippen molar-refractivity contribution in [1.29, 1.82) is 0 Å². The van der Waals surface area contributed by atoms with Gasteiger partial charge in [-0.25, -0.2) is 0 Å². The first-order valence-electron chi connectivity index (χ1n) is 12.6. The second kappa shape index (κ2) is 11.9. The van der Waals surface area contributed by atoms with E-state index in [0.29, 0.717) is 17.3 Å². The van der Waals surface area contributed by atoms with Crippen molar-refractivity contribution in [2.45, 2.75) is 50.6 Å². The lowest BCUT2D eigenvalue weighted by molar-refractivity contribution is 0.0968. The molecule has 0 saturated heterocycles. The topological polar surface area (TPSA) is 106 Å². The number of nitrogens with two attached hydrogens (primary N) is 1. The molecular weight excluding hydrogens is 580 g/mol. The van der Waals surface area contributed by atoms with Gasteiger partial charge in [0, 0.05) is 29.7 Å². The third-order valence-electron chi connectivity index (χ3n) is 7.42. The molecule has 0 spiro atoms. The van der Waals surface area contributed by atoms with Gasteiger partial charge < -0.3 is 16.2 Å². The highest BCUT2D eigenvalue weighted by molar-refractivity contribution is 6.37. The summed E-state index contributed by atoms with van der Waals surface area (Å²) >= 11 is 12.4. The number of aromatic nitrogens is 3. The molecule has 4 aromatic rings. The summed E-state index contributed by atoms with van der Waals surface area (Å²) in [5, 5.41) is 19.3. The number of anilines is 2. The number of carbonyl (C=O) groups excluding carboxylic acids is 1. The maximum Gasteiger partial charge on any atom is 0.169 e. The molecule has 0 radical (unpaired) electrons. The summed E-state index contributed by atoms with van der Waals surface area (Å²) in [4.78, 5) is 17.9. The van der Waals surface area contributed by atoms with Crippen LogP contribution in [0.1, 0.15) is 54.9 Å². The summed E-state index contributed by atoms with van der Waals surface area (Å²) in [5.41, 5.74) is 10.5. The van der Waals surface area contributed by atoms with Crippen LogP contribution in [-0.4, -0.2) is 31.7 Å². The van der Waals surface area contributed by atoms with E-state index in [2.05, 4.69) is 15.4 Å². The molecule has 2 heterocycles. The van der Waals surface area contributed by atoms with Crippen LogP contribution in [-0.2, 0) is 0 Å². The average molecular weight is 609 g/mol. The molecule has 2 aliphatic carbocycles. The molecule has 11 heteroatoms. The Morgan fingerprint density at radius 1 is 0.974 bits per heavy atom. The van der Waals surface area contributed by atoms with Crippen LogP contribution in [0.15, 0.2) is 48.9 Å². The van der Waals surface area contributed by atoms with Crippen LogP contribution < -0.4 is 11.1 Å². The number of rotatable bonds is 6. The van der Waals surface area contributed by atoms with E-state index < -0.39 is 0 Å². The number of hydrogen-bond donors (Lipinski definition) is 3. The predicted molar refractivity (Wildman–Crippen MR) is 161 cm³/mol. The molecule has 6 rings (SSSR count). The van der Waals surface area contributed by atoms with Gasteiger partial charge in [0.15, 0.2) is 11.5 Å². The number of nitrogens with one attached hydrogen (secondary N) is 1. The third-order valence-corrected chi connectivity index (χ3v) is 7.99.